The van der Waals surface area contributed by atoms with Crippen LogP contribution in [-0.2, 0) is 0 Å². The van der Waals surface area contributed by atoms with E-state index in [0.717, 1.165) is 12.8 Å². The zero-order chi connectivity index (χ0) is 19.1. The van der Waals surface area contributed by atoms with Crippen LogP contribution in [0.15, 0.2) is 50.7 Å². The smallest absolute Gasteiger partial charge is 0.383 e. The van der Waals surface area contributed by atoms with E-state index in [1.165, 1.54) is 18.3 Å². The van der Waals surface area contributed by atoms with Gasteiger partial charge in [-0.1, -0.05) is 23.3 Å². The molecule has 0 fully saturated rings. The van der Waals surface area contributed by atoms with Crippen molar-refractivity contribution in [3.05, 3.63) is 51.9 Å². The van der Waals surface area contributed by atoms with Crippen molar-refractivity contribution < 1.29 is 18.6 Å². The number of fused-ring (bicyclic) bond motifs is 1. The fourth-order valence-corrected chi connectivity index (χ4v) is 2.61. The Morgan fingerprint density at radius 3 is 2.50 bits per heavy atom. The van der Waals surface area contributed by atoms with Crippen LogP contribution < -0.4 is 19.8 Å². The molecule has 1 heterocycles. The van der Waals surface area contributed by atoms with Crippen LogP contribution in [0.5, 0.6) is 17.2 Å². The molecule has 140 valence electrons. The van der Waals surface area contributed by atoms with Crippen molar-refractivity contribution in [3.63, 3.8) is 0 Å². The Hall–Kier alpha value is -2.69. The molecule has 1 aromatic heterocycles. The molecule has 0 atom stereocenters. The lowest BCUT2D eigenvalue weighted by Gasteiger charge is -2.13. The van der Waals surface area contributed by atoms with Gasteiger partial charge in [0.05, 0.1) is 14.2 Å². The van der Waals surface area contributed by atoms with Crippen molar-refractivity contribution in [1.82, 2.24) is 0 Å². The molecule has 1 aromatic carbocycles. The van der Waals surface area contributed by atoms with E-state index < -0.39 is 5.63 Å². The lowest BCUT2D eigenvalue weighted by atomic mass is 10.1. The first-order valence-corrected chi connectivity index (χ1v) is 8.57. The van der Waals surface area contributed by atoms with Crippen LogP contribution in [0, 0.1) is 0 Å². The van der Waals surface area contributed by atoms with Gasteiger partial charge in [-0.15, -0.1) is 0 Å². The van der Waals surface area contributed by atoms with E-state index in [1.807, 2.05) is 6.08 Å². The molecule has 2 aromatic rings. The van der Waals surface area contributed by atoms with Gasteiger partial charge in [0.2, 0.25) is 5.75 Å². The standard InChI is InChI=1S/C21H26O5/c1-14(2)8-6-9-15(3)12-13-25-19-18-16(23-4)10-7-11-17(18)26-21(22)20(19)24-5/h7-8,10-12H,6,9,13H2,1-5H3/b15-12+. The highest BCUT2D eigenvalue weighted by Gasteiger charge is 2.19. The van der Waals surface area contributed by atoms with Crippen molar-refractivity contribution >= 4 is 11.0 Å². The molecule has 0 bridgehead atoms. The molecular weight excluding hydrogens is 332 g/mol. The van der Waals surface area contributed by atoms with Crippen molar-refractivity contribution in [3.8, 4) is 17.2 Å². The molecule has 0 aliphatic heterocycles. The van der Waals surface area contributed by atoms with E-state index in [2.05, 4.69) is 26.8 Å². The number of rotatable bonds is 8. The van der Waals surface area contributed by atoms with Crippen LogP contribution in [0.2, 0.25) is 0 Å². The number of methoxy groups -OCH3 is 2. The van der Waals surface area contributed by atoms with Gasteiger partial charge in [0, 0.05) is 0 Å². The van der Waals surface area contributed by atoms with E-state index >= 15 is 0 Å². The number of benzene rings is 1. The number of hydrogen-bond donors (Lipinski definition) is 0. The predicted molar refractivity (Wildman–Crippen MR) is 104 cm³/mol. The van der Waals surface area contributed by atoms with E-state index in [9.17, 15) is 4.79 Å². The van der Waals surface area contributed by atoms with Crippen LogP contribution >= 0.6 is 0 Å². The first kappa shape index (κ1) is 19.6. The molecule has 0 aliphatic carbocycles. The van der Waals surface area contributed by atoms with E-state index in [-0.39, 0.29) is 5.75 Å². The van der Waals surface area contributed by atoms with Gasteiger partial charge in [0.25, 0.3) is 0 Å². The zero-order valence-electron chi connectivity index (χ0n) is 16.0. The van der Waals surface area contributed by atoms with Gasteiger partial charge in [-0.3, -0.25) is 0 Å². The Balaban J connectivity index is 2.30. The molecule has 0 N–H and O–H groups in total. The summed E-state index contributed by atoms with van der Waals surface area (Å²) in [4.78, 5) is 12.2. The maximum absolute atomic E-state index is 12.2. The van der Waals surface area contributed by atoms with Gasteiger partial charge in [-0.2, -0.15) is 0 Å². The summed E-state index contributed by atoms with van der Waals surface area (Å²) in [6.45, 7) is 6.58. The van der Waals surface area contributed by atoms with E-state index in [4.69, 9.17) is 18.6 Å². The minimum Gasteiger partial charge on any atom is -0.496 e. The molecule has 5 heteroatoms. The Kier molecular flexibility index (Phi) is 6.89. The maximum atomic E-state index is 12.2. The molecule has 0 saturated heterocycles. The zero-order valence-corrected chi connectivity index (χ0v) is 16.0. The van der Waals surface area contributed by atoms with Crippen LogP contribution in [-0.4, -0.2) is 20.8 Å². The molecule has 2 rings (SSSR count). The van der Waals surface area contributed by atoms with Gasteiger partial charge in [0.15, 0.2) is 5.75 Å². The lowest BCUT2D eigenvalue weighted by molar-refractivity contribution is 0.314. The number of allylic oxidation sites excluding steroid dienone is 3. The normalized spacial score (nSPS) is 11.3. The Labute approximate surface area is 153 Å². The summed E-state index contributed by atoms with van der Waals surface area (Å²) >= 11 is 0. The highest BCUT2D eigenvalue weighted by atomic mass is 16.5. The molecule has 0 spiro atoms. The second kappa shape index (κ2) is 9.13. The van der Waals surface area contributed by atoms with Gasteiger partial charge < -0.3 is 18.6 Å². The molecule has 0 amide bonds. The second-order valence-electron chi connectivity index (χ2n) is 6.27. The summed E-state index contributed by atoms with van der Waals surface area (Å²) in [5.74, 6) is 0.936. The SMILES string of the molecule is COc1c(OC/C=C(\C)CCC=C(C)C)c2c(OC)cccc2oc1=O. The summed E-state index contributed by atoms with van der Waals surface area (Å²) in [7, 11) is 2.98. The molecule has 0 unspecified atom stereocenters. The van der Waals surface area contributed by atoms with Gasteiger partial charge in [-0.25, -0.2) is 4.79 Å². The molecule has 0 saturated carbocycles. The summed E-state index contributed by atoms with van der Waals surface area (Å²) in [6, 6.07) is 5.24. The average molecular weight is 358 g/mol. The number of hydrogen-bond acceptors (Lipinski definition) is 5. The first-order valence-electron chi connectivity index (χ1n) is 8.57. The summed E-state index contributed by atoms with van der Waals surface area (Å²) in [6.07, 6.45) is 6.18. The summed E-state index contributed by atoms with van der Waals surface area (Å²) in [5, 5.41) is 0.585. The summed E-state index contributed by atoms with van der Waals surface area (Å²) < 4.78 is 21.8. The average Bonchev–Trinajstić information content (AvgIpc) is 2.60. The lowest BCUT2D eigenvalue weighted by Crippen LogP contribution is -2.08. The quantitative estimate of drug-likeness (QED) is 0.497. The fraction of sp³-hybridized carbons (Fsp3) is 0.381. The minimum absolute atomic E-state index is 0.0394. The molecule has 5 nitrogen and oxygen atoms in total. The van der Waals surface area contributed by atoms with Crippen LogP contribution in [0.3, 0.4) is 0 Å². The van der Waals surface area contributed by atoms with Crippen molar-refractivity contribution in [2.45, 2.75) is 33.6 Å². The van der Waals surface area contributed by atoms with Crippen molar-refractivity contribution in [2.75, 3.05) is 20.8 Å². The third kappa shape index (κ3) is 4.69. The predicted octanol–water partition coefficient (Wildman–Crippen LogP) is 4.88. The third-order valence-electron chi connectivity index (χ3n) is 3.98. The Bertz CT molecular complexity index is 870. The van der Waals surface area contributed by atoms with Gasteiger partial charge in [-0.05, 0) is 51.8 Å². The maximum Gasteiger partial charge on any atom is 0.383 e. The van der Waals surface area contributed by atoms with Crippen molar-refractivity contribution in [1.29, 1.82) is 0 Å². The van der Waals surface area contributed by atoms with Crippen molar-refractivity contribution in [2.24, 2.45) is 0 Å². The third-order valence-corrected chi connectivity index (χ3v) is 3.98. The molecule has 0 aliphatic rings. The molecule has 26 heavy (non-hydrogen) atoms. The Morgan fingerprint density at radius 2 is 1.85 bits per heavy atom. The summed E-state index contributed by atoms with van der Waals surface area (Å²) in [5.41, 5.74) is 2.36. The largest absolute Gasteiger partial charge is 0.496 e. The monoisotopic (exact) mass is 358 g/mol. The van der Waals surface area contributed by atoms with E-state index in [1.54, 1.807) is 25.3 Å². The topological polar surface area (TPSA) is 57.9 Å². The second-order valence-corrected chi connectivity index (χ2v) is 6.27. The first-order chi connectivity index (χ1) is 12.5. The van der Waals surface area contributed by atoms with Gasteiger partial charge >= 0.3 is 5.63 Å². The van der Waals surface area contributed by atoms with Gasteiger partial charge in [0.1, 0.15) is 23.3 Å². The Morgan fingerprint density at radius 1 is 1.08 bits per heavy atom. The van der Waals surface area contributed by atoms with Crippen LogP contribution in [0.1, 0.15) is 33.6 Å². The fourth-order valence-electron chi connectivity index (χ4n) is 2.61. The molecule has 0 radical (unpaired) electrons. The highest BCUT2D eigenvalue weighted by molar-refractivity contribution is 5.91. The highest BCUT2D eigenvalue weighted by Crippen LogP contribution is 2.38. The number of ether oxygens (including phenoxy) is 3. The molecular formula is C21H26O5. The van der Waals surface area contributed by atoms with Crippen LogP contribution in [0.4, 0.5) is 0 Å². The van der Waals surface area contributed by atoms with Crippen LogP contribution in [0.25, 0.3) is 11.0 Å². The van der Waals surface area contributed by atoms with E-state index in [0.29, 0.717) is 29.1 Å². The minimum atomic E-state index is -0.576.